The first-order chi connectivity index (χ1) is 13.5. The molecule has 10 nitrogen and oxygen atoms in total. The Hall–Kier alpha value is -3.79. The van der Waals surface area contributed by atoms with Crippen LogP contribution in [-0.2, 0) is 9.53 Å². The third-order valence-electron chi connectivity index (χ3n) is 3.87. The Morgan fingerprint density at radius 2 is 2.04 bits per heavy atom. The Kier molecular flexibility index (Phi) is 5.61. The maximum atomic E-state index is 11.7. The number of pyridine rings is 1. The minimum atomic E-state index is -0.807. The van der Waals surface area contributed by atoms with E-state index in [9.17, 15) is 9.59 Å². The average Bonchev–Trinajstić information content (AvgIpc) is 2.67. The zero-order chi connectivity index (χ0) is 20.1. The van der Waals surface area contributed by atoms with E-state index in [1.807, 2.05) is 24.3 Å². The predicted octanol–water partition coefficient (Wildman–Crippen LogP) is 0.780. The van der Waals surface area contributed by atoms with Crippen molar-refractivity contribution in [1.29, 1.82) is 0 Å². The van der Waals surface area contributed by atoms with Crippen LogP contribution in [0.2, 0.25) is 0 Å². The van der Waals surface area contributed by atoms with Gasteiger partial charge in [0.05, 0.1) is 18.3 Å². The van der Waals surface area contributed by atoms with E-state index in [1.165, 1.54) is 13.3 Å². The minimum Gasteiger partial charge on any atom is -0.382 e. The van der Waals surface area contributed by atoms with Crippen molar-refractivity contribution in [3.05, 3.63) is 48.4 Å². The van der Waals surface area contributed by atoms with Gasteiger partial charge in [0.15, 0.2) is 11.5 Å². The highest BCUT2D eigenvalue weighted by Crippen LogP contribution is 2.23. The second kappa shape index (κ2) is 8.27. The number of carbonyl (C=O) groups is 2. The van der Waals surface area contributed by atoms with Gasteiger partial charge in [-0.2, -0.15) is 0 Å². The first-order valence-electron chi connectivity index (χ1n) is 8.31. The van der Waals surface area contributed by atoms with Crippen LogP contribution in [0.15, 0.2) is 42.7 Å². The van der Waals surface area contributed by atoms with E-state index in [0.29, 0.717) is 5.69 Å². The van der Waals surface area contributed by atoms with E-state index in [0.717, 1.165) is 10.9 Å². The van der Waals surface area contributed by atoms with Crippen LogP contribution >= 0.6 is 0 Å². The van der Waals surface area contributed by atoms with Crippen molar-refractivity contribution in [2.75, 3.05) is 24.4 Å². The molecule has 0 bridgehead atoms. The average molecular weight is 381 g/mol. The third-order valence-corrected chi connectivity index (χ3v) is 3.87. The molecule has 0 unspecified atom stereocenters. The van der Waals surface area contributed by atoms with Crippen LogP contribution in [0.25, 0.3) is 10.9 Å². The van der Waals surface area contributed by atoms with Gasteiger partial charge in [0, 0.05) is 24.4 Å². The van der Waals surface area contributed by atoms with Gasteiger partial charge in [0.2, 0.25) is 5.91 Å². The highest BCUT2D eigenvalue weighted by atomic mass is 16.5. The highest BCUT2D eigenvalue weighted by Gasteiger charge is 2.18. The maximum absolute atomic E-state index is 11.7. The number of aromatic nitrogens is 3. The molecule has 144 valence electrons. The molecule has 0 fully saturated rings. The van der Waals surface area contributed by atoms with E-state index in [1.54, 1.807) is 12.3 Å². The summed E-state index contributed by atoms with van der Waals surface area (Å²) in [5, 5.41) is 6.76. The number of nitrogens with zero attached hydrogens (tertiary/aromatic N) is 3. The number of ether oxygens (including phenoxy) is 1. The van der Waals surface area contributed by atoms with E-state index < -0.39 is 17.9 Å². The van der Waals surface area contributed by atoms with Crippen LogP contribution in [0, 0.1) is 0 Å². The van der Waals surface area contributed by atoms with Gasteiger partial charge >= 0.3 is 0 Å². The van der Waals surface area contributed by atoms with Crippen LogP contribution in [0.3, 0.4) is 0 Å². The summed E-state index contributed by atoms with van der Waals surface area (Å²) in [5.41, 5.74) is 12.2. The fraction of sp³-hybridized carbons (Fsp3) is 0.167. The van der Waals surface area contributed by atoms with Crippen molar-refractivity contribution in [1.82, 2.24) is 15.0 Å². The molecule has 0 radical (unpaired) electrons. The highest BCUT2D eigenvalue weighted by molar-refractivity contribution is 5.97. The second-order valence-corrected chi connectivity index (χ2v) is 5.91. The maximum Gasteiger partial charge on any atom is 0.271 e. The SMILES string of the molecule is COC[C@@H](Nc1cnc(C(N)=O)c(Nc2ccc3ncccc3c2)n1)C(N)=O. The Bertz CT molecular complexity index is 1020. The molecule has 2 amide bonds. The topological polar surface area (TPSA) is 158 Å². The molecule has 0 saturated heterocycles. The van der Waals surface area contributed by atoms with E-state index in [-0.39, 0.29) is 23.9 Å². The van der Waals surface area contributed by atoms with Gasteiger partial charge in [-0.25, -0.2) is 9.97 Å². The number of hydrogen-bond acceptors (Lipinski definition) is 8. The van der Waals surface area contributed by atoms with Crippen molar-refractivity contribution in [3.63, 3.8) is 0 Å². The Balaban J connectivity index is 1.92. The van der Waals surface area contributed by atoms with E-state index >= 15 is 0 Å². The quantitative estimate of drug-likeness (QED) is 0.445. The van der Waals surface area contributed by atoms with Crippen LogP contribution in [0.5, 0.6) is 0 Å². The van der Waals surface area contributed by atoms with Gasteiger partial charge in [-0.3, -0.25) is 14.6 Å². The number of methoxy groups -OCH3 is 1. The summed E-state index contributed by atoms with van der Waals surface area (Å²) in [6.45, 7) is 0.0506. The largest absolute Gasteiger partial charge is 0.382 e. The smallest absolute Gasteiger partial charge is 0.271 e. The molecule has 3 rings (SSSR count). The molecule has 1 aromatic carbocycles. The number of nitrogens with two attached hydrogens (primary N) is 2. The zero-order valence-electron chi connectivity index (χ0n) is 15.0. The third kappa shape index (κ3) is 4.30. The number of nitrogens with one attached hydrogen (secondary N) is 2. The van der Waals surface area contributed by atoms with Gasteiger partial charge < -0.3 is 26.8 Å². The molecule has 28 heavy (non-hydrogen) atoms. The van der Waals surface area contributed by atoms with Crippen molar-refractivity contribution >= 4 is 40.0 Å². The fourth-order valence-electron chi connectivity index (χ4n) is 2.56. The fourth-order valence-corrected chi connectivity index (χ4v) is 2.56. The van der Waals surface area contributed by atoms with Gasteiger partial charge in [-0.15, -0.1) is 0 Å². The van der Waals surface area contributed by atoms with Crippen molar-refractivity contribution < 1.29 is 14.3 Å². The van der Waals surface area contributed by atoms with Crippen LogP contribution < -0.4 is 22.1 Å². The van der Waals surface area contributed by atoms with Gasteiger partial charge in [0.1, 0.15) is 11.9 Å². The van der Waals surface area contributed by atoms with Crippen LogP contribution in [0.1, 0.15) is 10.5 Å². The zero-order valence-corrected chi connectivity index (χ0v) is 15.0. The van der Waals surface area contributed by atoms with Gasteiger partial charge in [-0.1, -0.05) is 6.07 Å². The predicted molar refractivity (Wildman–Crippen MR) is 104 cm³/mol. The molecule has 2 aromatic heterocycles. The molecule has 0 aliphatic carbocycles. The molecule has 6 N–H and O–H groups in total. The number of hydrogen-bond donors (Lipinski definition) is 4. The lowest BCUT2D eigenvalue weighted by atomic mass is 10.2. The first kappa shape index (κ1) is 19.0. The Morgan fingerprint density at radius 1 is 1.21 bits per heavy atom. The summed E-state index contributed by atoms with van der Waals surface area (Å²) in [6, 6.07) is 8.40. The summed E-state index contributed by atoms with van der Waals surface area (Å²) in [7, 11) is 1.45. The lowest BCUT2D eigenvalue weighted by Gasteiger charge is -2.16. The number of fused-ring (bicyclic) bond motifs is 1. The van der Waals surface area contributed by atoms with Crippen molar-refractivity contribution in [2.45, 2.75) is 6.04 Å². The summed E-state index contributed by atoms with van der Waals surface area (Å²) < 4.78 is 4.96. The molecule has 2 heterocycles. The van der Waals surface area contributed by atoms with Crippen LogP contribution in [0.4, 0.5) is 17.3 Å². The molecular formula is C18H19N7O3. The lowest BCUT2D eigenvalue weighted by Crippen LogP contribution is -2.39. The monoisotopic (exact) mass is 381 g/mol. The van der Waals surface area contributed by atoms with Crippen LogP contribution in [-0.4, -0.2) is 46.5 Å². The molecule has 0 aliphatic rings. The second-order valence-electron chi connectivity index (χ2n) is 5.91. The van der Waals surface area contributed by atoms with Crippen molar-refractivity contribution in [2.24, 2.45) is 11.5 Å². The molecule has 10 heteroatoms. The normalized spacial score (nSPS) is 11.8. The molecule has 0 saturated carbocycles. The summed E-state index contributed by atoms with van der Waals surface area (Å²) in [4.78, 5) is 35.8. The molecule has 3 aromatic rings. The summed E-state index contributed by atoms with van der Waals surface area (Å²) >= 11 is 0. The number of carbonyl (C=O) groups excluding carboxylic acids is 2. The Morgan fingerprint density at radius 3 is 2.75 bits per heavy atom. The summed E-state index contributed by atoms with van der Waals surface area (Å²) in [5.74, 6) is -0.983. The van der Waals surface area contributed by atoms with E-state index in [2.05, 4.69) is 25.6 Å². The number of primary amides is 2. The van der Waals surface area contributed by atoms with Crippen molar-refractivity contribution in [3.8, 4) is 0 Å². The summed E-state index contributed by atoms with van der Waals surface area (Å²) in [6.07, 6.45) is 3.00. The number of rotatable bonds is 8. The van der Waals surface area contributed by atoms with Gasteiger partial charge in [0.25, 0.3) is 5.91 Å². The first-order valence-corrected chi connectivity index (χ1v) is 8.31. The lowest BCUT2D eigenvalue weighted by molar-refractivity contribution is -0.119. The number of anilines is 3. The van der Waals surface area contributed by atoms with Gasteiger partial charge in [-0.05, 0) is 24.3 Å². The van der Waals surface area contributed by atoms with E-state index in [4.69, 9.17) is 16.2 Å². The number of amides is 2. The Labute approximate surface area is 160 Å². The molecule has 0 spiro atoms. The minimum absolute atomic E-state index is 0.0424. The molecule has 0 aliphatic heterocycles. The molecular weight excluding hydrogens is 362 g/mol. The molecule has 1 atom stereocenters. The number of benzene rings is 1. The standard InChI is InChI=1S/C18H19N7O3/c1-28-9-13(16(19)26)24-14-8-22-15(17(20)27)18(25-14)23-11-4-5-12-10(7-11)3-2-6-21-12/h2-8,13H,9H2,1H3,(H2,19,26)(H2,20,27)(H2,23,24,25)/t13-/m1/s1.